The normalized spacial score (nSPS) is 31.7. The van der Waals surface area contributed by atoms with Crippen molar-refractivity contribution < 1.29 is 24.7 Å². The summed E-state index contributed by atoms with van der Waals surface area (Å²) in [5, 5.41) is 38.4. The quantitative estimate of drug-likeness (QED) is 0.273. The number of piperidine rings is 1. The molecule has 10 nitrogen and oxygen atoms in total. The molecule has 3 aliphatic carbocycles. The van der Waals surface area contributed by atoms with E-state index in [1.54, 1.807) is 24.3 Å². The highest BCUT2D eigenvalue weighted by atomic mass is 35.5. The molecule has 4 N–H and O–H groups in total. The number of aromatic hydroxyl groups is 1. The zero-order valence-corrected chi connectivity index (χ0v) is 22.6. The molecule has 2 bridgehead atoms. The maximum absolute atomic E-state index is 13.7. The summed E-state index contributed by atoms with van der Waals surface area (Å²) in [5.74, 6) is 0.851. The number of rotatable bonds is 5. The Bertz CT molecular complexity index is 1570. The van der Waals surface area contributed by atoms with E-state index in [1.807, 2.05) is 6.07 Å². The molecule has 3 heterocycles. The van der Waals surface area contributed by atoms with Crippen LogP contribution in [0.4, 0.5) is 5.69 Å². The van der Waals surface area contributed by atoms with Crippen molar-refractivity contribution in [2.75, 3.05) is 13.1 Å². The van der Waals surface area contributed by atoms with Gasteiger partial charge in [-0.1, -0.05) is 12.1 Å². The number of hydrogen-bond donors (Lipinski definition) is 4. The van der Waals surface area contributed by atoms with Crippen LogP contribution < -0.4 is 10.1 Å². The number of aromatic amines is 1. The lowest BCUT2D eigenvalue weighted by molar-refractivity contribution is -0.383. The number of hydrogen-bond acceptors (Lipinski definition) is 7. The fourth-order valence-electron chi connectivity index (χ4n) is 8.36. The van der Waals surface area contributed by atoms with Gasteiger partial charge in [0.15, 0.2) is 11.5 Å². The number of phenols is 1. The Balaban J connectivity index is 0.00000264. The topological polar surface area (TPSA) is 141 Å². The fraction of sp³-hybridized carbons (Fsp3) is 0.483. The molecular weight excluding hydrogens is 536 g/mol. The number of nitrogens with zero attached hydrogens (tertiary/aromatic N) is 2. The summed E-state index contributed by atoms with van der Waals surface area (Å²) in [4.78, 5) is 30.0. The number of halogens is 1. The minimum absolute atomic E-state index is 0. The first kappa shape index (κ1) is 25.6. The van der Waals surface area contributed by atoms with Crippen LogP contribution in [-0.2, 0) is 11.8 Å². The molecule has 1 aromatic heterocycles. The van der Waals surface area contributed by atoms with Gasteiger partial charge < -0.3 is 25.3 Å². The number of nitro groups is 1. The van der Waals surface area contributed by atoms with E-state index in [9.17, 15) is 25.1 Å². The summed E-state index contributed by atoms with van der Waals surface area (Å²) in [6, 6.07) is 8.12. The van der Waals surface area contributed by atoms with Gasteiger partial charge in [-0.15, -0.1) is 12.4 Å². The standard InChI is InChI=1S/C29H30N4O6.ClH/c34-21-7-6-16-12-22-29(36)9-8-19(31-27(35)18-3-1-2-17-20(33(37)38)13-30-24(17)18)26-28(29,23(16)25(21)39-26)10-11-32(22)14-15-4-5-15;/h1-3,6-7,13,15,19,22,26,30,34,36H,4-5,8-12,14H2,(H,31,35);1H/t19-,22-,26+,28+,29-;/m1./s1. The second-order valence-corrected chi connectivity index (χ2v) is 12.1. The van der Waals surface area contributed by atoms with Gasteiger partial charge in [0.05, 0.1) is 44.6 Å². The molecule has 210 valence electrons. The third kappa shape index (κ3) is 3.21. The van der Waals surface area contributed by atoms with Crippen LogP contribution >= 0.6 is 12.4 Å². The number of phenolic OH excluding ortho intramolecular Hbond substituents is 1. The molecule has 1 spiro atoms. The number of carbonyl (C=O) groups is 1. The summed E-state index contributed by atoms with van der Waals surface area (Å²) in [7, 11) is 0. The molecule has 0 unspecified atom stereocenters. The minimum atomic E-state index is -1.03. The largest absolute Gasteiger partial charge is 0.504 e. The summed E-state index contributed by atoms with van der Waals surface area (Å²) in [5.41, 5.74) is 0.914. The third-order valence-corrected chi connectivity index (χ3v) is 10.2. The van der Waals surface area contributed by atoms with E-state index in [-0.39, 0.29) is 35.8 Å². The second-order valence-electron chi connectivity index (χ2n) is 12.1. The van der Waals surface area contributed by atoms with Crippen molar-refractivity contribution >= 4 is 34.9 Å². The van der Waals surface area contributed by atoms with Crippen LogP contribution in [0.2, 0.25) is 0 Å². The highest BCUT2D eigenvalue weighted by Crippen LogP contribution is 2.65. The molecule has 40 heavy (non-hydrogen) atoms. The van der Waals surface area contributed by atoms with Gasteiger partial charge in [-0.3, -0.25) is 19.8 Å². The maximum atomic E-state index is 13.7. The average Bonchev–Trinajstić information content (AvgIpc) is 3.49. The summed E-state index contributed by atoms with van der Waals surface area (Å²) in [6.07, 6.45) is 5.70. The Morgan fingerprint density at radius 3 is 2.83 bits per heavy atom. The predicted octanol–water partition coefficient (Wildman–Crippen LogP) is 3.57. The number of para-hydroxylation sites is 1. The Hall–Kier alpha value is -3.34. The Labute approximate surface area is 236 Å². The van der Waals surface area contributed by atoms with Gasteiger partial charge in [0, 0.05) is 18.2 Å². The number of aliphatic hydroxyl groups is 1. The molecule has 1 saturated heterocycles. The van der Waals surface area contributed by atoms with Gasteiger partial charge in [0.2, 0.25) is 0 Å². The maximum Gasteiger partial charge on any atom is 0.294 e. The fourth-order valence-corrected chi connectivity index (χ4v) is 8.36. The number of benzene rings is 2. The zero-order chi connectivity index (χ0) is 26.7. The van der Waals surface area contributed by atoms with Gasteiger partial charge in [0.25, 0.3) is 11.6 Å². The number of nitrogens with one attached hydrogen (secondary N) is 2. The molecule has 2 saturated carbocycles. The Morgan fingerprint density at radius 2 is 2.05 bits per heavy atom. The number of likely N-dealkylation sites (tertiary alicyclic amines) is 1. The van der Waals surface area contributed by atoms with Crippen LogP contribution in [0.25, 0.3) is 10.9 Å². The molecule has 5 aliphatic rings. The summed E-state index contributed by atoms with van der Waals surface area (Å²) in [6.45, 7) is 1.84. The van der Waals surface area contributed by atoms with Gasteiger partial charge in [-0.05, 0) is 74.8 Å². The molecule has 2 aliphatic heterocycles. The van der Waals surface area contributed by atoms with Crippen LogP contribution in [0.15, 0.2) is 36.5 Å². The first-order chi connectivity index (χ1) is 18.8. The minimum Gasteiger partial charge on any atom is -0.504 e. The van der Waals surface area contributed by atoms with E-state index in [1.165, 1.54) is 19.0 Å². The highest BCUT2D eigenvalue weighted by molar-refractivity contribution is 6.08. The number of carbonyl (C=O) groups excluding carboxylic acids is 1. The van der Waals surface area contributed by atoms with Gasteiger partial charge >= 0.3 is 0 Å². The second kappa shape index (κ2) is 8.58. The first-order valence-corrected chi connectivity index (χ1v) is 13.9. The van der Waals surface area contributed by atoms with Crippen molar-refractivity contribution in [3.8, 4) is 11.5 Å². The molecule has 3 aromatic rings. The zero-order valence-electron chi connectivity index (χ0n) is 21.8. The molecule has 5 atom stereocenters. The van der Waals surface area contributed by atoms with Crippen molar-refractivity contribution in [3.63, 3.8) is 0 Å². The van der Waals surface area contributed by atoms with Crippen molar-refractivity contribution in [2.45, 2.75) is 67.7 Å². The van der Waals surface area contributed by atoms with Crippen molar-refractivity contribution in [1.82, 2.24) is 15.2 Å². The predicted molar refractivity (Wildman–Crippen MR) is 148 cm³/mol. The molecule has 8 rings (SSSR count). The number of fused-ring (bicyclic) bond motifs is 1. The van der Waals surface area contributed by atoms with Crippen LogP contribution in [0.5, 0.6) is 11.5 Å². The van der Waals surface area contributed by atoms with Crippen molar-refractivity contribution in [2.24, 2.45) is 5.92 Å². The van der Waals surface area contributed by atoms with Crippen molar-refractivity contribution in [1.29, 1.82) is 0 Å². The smallest absolute Gasteiger partial charge is 0.294 e. The van der Waals surface area contributed by atoms with E-state index in [4.69, 9.17) is 4.74 Å². The number of ether oxygens (including phenoxy) is 1. The van der Waals surface area contributed by atoms with E-state index in [0.29, 0.717) is 53.8 Å². The van der Waals surface area contributed by atoms with E-state index < -0.39 is 28.1 Å². The average molecular weight is 567 g/mol. The van der Waals surface area contributed by atoms with Crippen LogP contribution in [0, 0.1) is 16.0 Å². The lowest BCUT2D eigenvalue weighted by atomic mass is 9.48. The molecule has 0 radical (unpaired) electrons. The number of aromatic nitrogens is 1. The van der Waals surface area contributed by atoms with Crippen LogP contribution in [0.1, 0.15) is 53.6 Å². The van der Waals surface area contributed by atoms with Crippen LogP contribution in [-0.4, -0.2) is 67.8 Å². The van der Waals surface area contributed by atoms with Crippen molar-refractivity contribution in [3.05, 3.63) is 63.3 Å². The van der Waals surface area contributed by atoms with E-state index in [2.05, 4.69) is 15.2 Å². The Morgan fingerprint density at radius 1 is 1.23 bits per heavy atom. The lowest BCUT2D eigenvalue weighted by Crippen LogP contribution is -2.78. The molecule has 2 aromatic carbocycles. The summed E-state index contributed by atoms with van der Waals surface area (Å²) < 4.78 is 6.54. The van der Waals surface area contributed by atoms with E-state index in [0.717, 1.165) is 24.2 Å². The highest BCUT2D eigenvalue weighted by Gasteiger charge is 2.73. The van der Waals surface area contributed by atoms with Gasteiger partial charge in [-0.25, -0.2) is 0 Å². The van der Waals surface area contributed by atoms with E-state index >= 15 is 0 Å². The number of amides is 1. The van der Waals surface area contributed by atoms with Gasteiger partial charge in [0.1, 0.15) is 6.10 Å². The first-order valence-electron chi connectivity index (χ1n) is 13.9. The Kier molecular flexibility index (Phi) is 5.49. The monoisotopic (exact) mass is 566 g/mol. The van der Waals surface area contributed by atoms with Crippen LogP contribution in [0.3, 0.4) is 0 Å². The van der Waals surface area contributed by atoms with Gasteiger partial charge in [-0.2, -0.15) is 0 Å². The SMILES string of the molecule is Cl.O=C(N[C@@H]1CC[C@@]2(O)[C@H]3Cc4ccc(O)c5c4[C@@]2(CCN3CC2CC2)[C@H]1O5)c1cccc2c([N+](=O)[O-])c[nH]c12. The molecule has 1 amide bonds. The third-order valence-electron chi connectivity index (χ3n) is 10.2. The molecule has 11 heteroatoms. The molecule has 3 fully saturated rings. The lowest BCUT2D eigenvalue weighted by Gasteiger charge is -2.64. The molecular formula is C29H31ClN4O6. The summed E-state index contributed by atoms with van der Waals surface area (Å²) >= 11 is 0. The number of H-pyrrole nitrogens is 1.